The molecule has 2 aromatic heterocycles. The maximum atomic E-state index is 9.98. The van der Waals surface area contributed by atoms with E-state index in [2.05, 4.69) is 32.7 Å². The molecule has 1 aliphatic rings. The number of aromatic nitrogens is 4. The third-order valence-electron chi connectivity index (χ3n) is 3.47. The molecule has 0 saturated heterocycles. The molecule has 1 unspecified atom stereocenters. The zero-order valence-electron chi connectivity index (χ0n) is 9.85. The minimum atomic E-state index is -0.298. The summed E-state index contributed by atoms with van der Waals surface area (Å²) >= 11 is 0. The Labute approximate surface area is 99.5 Å². The highest BCUT2D eigenvalue weighted by atomic mass is 16.3. The molecular formula is C12H16N4O. The molecule has 3 rings (SSSR count). The van der Waals surface area contributed by atoms with Crippen LogP contribution in [0.1, 0.15) is 41.7 Å². The van der Waals surface area contributed by atoms with Gasteiger partial charge in [0.2, 0.25) is 0 Å². The van der Waals surface area contributed by atoms with Gasteiger partial charge in [-0.1, -0.05) is 0 Å². The molecule has 17 heavy (non-hydrogen) atoms. The van der Waals surface area contributed by atoms with E-state index < -0.39 is 0 Å². The molecule has 2 N–H and O–H groups in total. The summed E-state index contributed by atoms with van der Waals surface area (Å²) in [6, 6.07) is 2.09. The summed E-state index contributed by atoms with van der Waals surface area (Å²) in [5.41, 5.74) is 3.51. The van der Waals surface area contributed by atoms with Crippen LogP contribution in [0.2, 0.25) is 0 Å². The molecule has 0 fully saturated rings. The van der Waals surface area contributed by atoms with Gasteiger partial charge in [-0.05, 0) is 32.3 Å². The van der Waals surface area contributed by atoms with Crippen LogP contribution in [0.3, 0.4) is 0 Å². The van der Waals surface area contributed by atoms with Crippen LogP contribution >= 0.6 is 0 Å². The van der Waals surface area contributed by atoms with E-state index in [-0.39, 0.29) is 6.10 Å². The summed E-state index contributed by atoms with van der Waals surface area (Å²) in [5, 5.41) is 16.7. The SMILES string of the molecule is Cc1cc2c(n1Cc1ncn[nH]1)CCCC2O. The van der Waals surface area contributed by atoms with Crippen LogP contribution in [0.4, 0.5) is 0 Å². The lowest BCUT2D eigenvalue weighted by molar-refractivity contribution is 0.155. The molecule has 2 aromatic rings. The van der Waals surface area contributed by atoms with Gasteiger partial charge in [-0.3, -0.25) is 5.10 Å². The standard InChI is InChI=1S/C12H16N4O/c1-8-5-9-10(3-2-4-11(9)17)16(8)6-12-13-7-14-15-12/h5,7,11,17H,2-4,6H2,1H3,(H,13,14,15). The first-order valence-corrected chi connectivity index (χ1v) is 5.97. The molecule has 5 nitrogen and oxygen atoms in total. The molecule has 0 spiro atoms. The number of aromatic amines is 1. The molecule has 0 radical (unpaired) electrons. The smallest absolute Gasteiger partial charge is 0.144 e. The van der Waals surface area contributed by atoms with Crippen molar-refractivity contribution in [2.75, 3.05) is 0 Å². The van der Waals surface area contributed by atoms with E-state index in [9.17, 15) is 5.11 Å². The lowest BCUT2D eigenvalue weighted by atomic mass is 9.95. The normalized spacial score (nSPS) is 19.3. The molecule has 0 bridgehead atoms. The number of aryl methyl sites for hydroxylation is 1. The molecule has 5 heteroatoms. The molecule has 0 aliphatic heterocycles. The number of hydrogen-bond acceptors (Lipinski definition) is 3. The van der Waals surface area contributed by atoms with Crippen molar-refractivity contribution in [2.24, 2.45) is 0 Å². The third kappa shape index (κ3) is 1.76. The summed E-state index contributed by atoms with van der Waals surface area (Å²) in [4.78, 5) is 4.15. The van der Waals surface area contributed by atoms with Crippen LogP contribution in [0.15, 0.2) is 12.4 Å². The average molecular weight is 232 g/mol. The number of aliphatic hydroxyl groups is 1. The number of nitrogens with zero attached hydrogens (tertiary/aromatic N) is 3. The van der Waals surface area contributed by atoms with Gasteiger partial charge in [0.1, 0.15) is 12.2 Å². The fourth-order valence-electron chi connectivity index (χ4n) is 2.62. The summed E-state index contributed by atoms with van der Waals surface area (Å²) in [7, 11) is 0. The van der Waals surface area contributed by atoms with Gasteiger partial charge in [0, 0.05) is 17.0 Å². The first-order valence-electron chi connectivity index (χ1n) is 5.97. The average Bonchev–Trinajstić information content (AvgIpc) is 2.91. The van der Waals surface area contributed by atoms with Crippen LogP contribution in [0.5, 0.6) is 0 Å². The second-order valence-electron chi connectivity index (χ2n) is 4.61. The largest absolute Gasteiger partial charge is 0.388 e. The van der Waals surface area contributed by atoms with Crippen LogP contribution in [-0.2, 0) is 13.0 Å². The van der Waals surface area contributed by atoms with Crippen molar-refractivity contribution in [1.82, 2.24) is 19.7 Å². The molecule has 0 saturated carbocycles. The Morgan fingerprint density at radius 1 is 1.59 bits per heavy atom. The zero-order chi connectivity index (χ0) is 11.8. The van der Waals surface area contributed by atoms with Crippen molar-refractivity contribution in [2.45, 2.75) is 38.8 Å². The van der Waals surface area contributed by atoms with Crippen molar-refractivity contribution in [1.29, 1.82) is 0 Å². The number of hydrogen-bond donors (Lipinski definition) is 2. The predicted molar refractivity (Wildman–Crippen MR) is 62.6 cm³/mol. The van der Waals surface area contributed by atoms with Crippen molar-refractivity contribution in [3.63, 3.8) is 0 Å². The molecule has 1 atom stereocenters. The molecule has 1 aliphatic carbocycles. The Morgan fingerprint density at radius 3 is 3.24 bits per heavy atom. The number of nitrogens with one attached hydrogen (secondary N) is 1. The van der Waals surface area contributed by atoms with Crippen molar-refractivity contribution in [3.8, 4) is 0 Å². The molecule has 2 heterocycles. The van der Waals surface area contributed by atoms with E-state index in [0.717, 1.165) is 30.7 Å². The Kier molecular flexibility index (Phi) is 2.48. The first kappa shape index (κ1) is 10.5. The van der Waals surface area contributed by atoms with E-state index in [4.69, 9.17) is 0 Å². The van der Waals surface area contributed by atoms with Crippen LogP contribution in [-0.4, -0.2) is 24.9 Å². The van der Waals surface area contributed by atoms with Gasteiger partial charge in [0.25, 0.3) is 0 Å². The highest BCUT2D eigenvalue weighted by Gasteiger charge is 2.23. The number of fused-ring (bicyclic) bond motifs is 1. The quantitative estimate of drug-likeness (QED) is 0.821. The number of aliphatic hydroxyl groups excluding tert-OH is 1. The monoisotopic (exact) mass is 232 g/mol. The topological polar surface area (TPSA) is 66.7 Å². The van der Waals surface area contributed by atoms with Crippen molar-refractivity contribution >= 4 is 0 Å². The highest BCUT2D eigenvalue weighted by Crippen LogP contribution is 2.32. The van der Waals surface area contributed by atoms with E-state index in [1.807, 2.05) is 0 Å². The Morgan fingerprint density at radius 2 is 2.47 bits per heavy atom. The van der Waals surface area contributed by atoms with Gasteiger partial charge in [0.05, 0.1) is 12.6 Å². The Hall–Kier alpha value is -1.62. The van der Waals surface area contributed by atoms with E-state index in [1.165, 1.54) is 17.7 Å². The first-order chi connectivity index (χ1) is 8.25. The minimum Gasteiger partial charge on any atom is -0.388 e. The highest BCUT2D eigenvalue weighted by molar-refractivity contribution is 5.32. The van der Waals surface area contributed by atoms with Crippen molar-refractivity contribution < 1.29 is 5.11 Å². The third-order valence-corrected chi connectivity index (χ3v) is 3.47. The zero-order valence-corrected chi connectivity index (χ0v) is 9.85. The fourth-order valence-corrected chi connectivity index (χ4v) is 2.62. The maximum Gasteiger partial charge on any atom is 0.144 e. The van der Waals surface area contributed by atoms with Gasteiger partial charge in [0.15, 0.2) is 0 Å². The fraction of sp³-hybridized carbons (Fsp3) is 0.500. The van der Waals surface area contributed by atoms with Crippen LogP contribution in [0, 0.1) is 6.92 Å². The van der Waals surface area contributed by atoms with Gasteiger partial charge in [-0.25, -0.2) is 4.98 Å². The van der Waals surface area contributed by atoms with Gasteiger partial charge < -0.3 is 9.67 Å². The number of rotatable bonds is 2. The summed E-state index contributed by atoms with van der Waals surface area (Å²) in [6.07, 6.45) is 4.19. The lowest BCUT2D eigenvalue weighted by Gasteiger charge is -2.20. The van der Waals surface area contributed by atoms with Gasteiger partial charge in [-0.2, -0.15) is 5.10 Å². The number of H-pyrrole nitrogens is 1. The van der Waals surface area contributed by atoms with Crippen LogP contribution < -0.4 is 0 Å². The molecule has 90 valence electrons. The molecular weight excluding hydrogens is 216 g/mol. The van der Waals surface area contributed by atoms with Gasteiger partial charge in [-0.15, -0.1) is 0 Å². The predicted octanol–water partition coefficient (Wildman–Crippen LogP) is 1.33. The molecule has 0 aromatic carbocycles. The lowest BCUT2D eigenvalue weighted by Crippen LogP contribution is -2.13. The summed E-state index contributed by atoms with van der Waals surface area (Å²) < 4.78 is 2.22. The van der Waals surface area contributed by atoms with E-state index in [0.29, 0.717) is 6.54 Å². The minimum absolute atomic E-state index is 0.298. The van der Waals surface area contributed by atoms with Gasteiger partial charge >= 0.3 is 0 Å². The summed E-state index contributed by atoms with van der Waals surface area (Å²) in [6.45, 7) is 2.77. The Balaban J connectivity index is 1.99. The second kappa shape index (κ2) is 4.00. The van der Waals surface area contributed by atoms with E-state index in [1.54, 1.807) is 0 Å². The van der Waals surface area contributed by atoms with Crippen molar-refractivity contribution in [3.05, 3.63) is 35.2 Å². The van der Waals surface area contributed by atoms with Crippen LogP contribution in [0.25, 0.3) is 0 Å². The molecule has 0 amide bonds. The second-order valence-corrected chi connectivity index (χ2v) is 4.61. The van der Waals surface area contributed by atoms with E-state index >= 15 is 0 Å². The Bertz CT molecular complexity index is 515. The maximum absolute atomic E-state index is 9.98. The summed E-state index contributed by atoms with van der Waals surface area (Å²) in [5.74, 6) is 0.853.